The zero-order valence-electron chi connectivity index (χ0n) is 19.9. The number of ether oxygens (including phenoxy) is 1. The highest BCUT2D eigenvalue weighted by atomic mass is 32.2. The Labute approximate surface area is 202 Å². The monoisotopic (exact) mass is 475 g/mol. The number of hydrogen-bond donors (Lipinski definition) is 1. The number of carbonyl (C=O) groups excluding carboxylic acids is 1. The third-order valence-corrected chi connectivity index (χ3v) is 6.87. The van der Waals surface area contributed by atoms with E-state index >= 15 is 0 Å². The van der Waals surface area contributed by atoms with Gasteiger partial charge >= 0.3 is 0 Å². The van der Waals surface area contributed by atoms with Crippen LogP contribution >= 0.6 is 23.5 Å². The van der Waals surface area contributed by atoms with Crippen LogP contribution in [0.25, 0.3) is 0 Å². The summed E-state index contributed by atoms with van der Waals surface area (Å²) >= 11 is 3.58. The molecule has 6 heteroatoms. The Morgan fingerprint density at radius 1 is 1.22 bits per heavy atom. The number of para-hydroxylation sites is 1. The second-order valence-electron chi connectivity index (χ2n) is 6.82. The molecule has 176 valence electrons. The van der Waals surface area contributed by atoms with Crippen LogP contribution in [0.15, 0.2) is 64.6 Å². The highest BCUT2D eigenvalue weighted by molar-refractivity contribution is 7.99. The molecule has 0 saturated heterocycles. The summed E-state index contributed by atoms with van der Waals surface area (Å²) in [5, 5.41) is 7.00. The van der Waals surface area contributed by atoms with Crippen LogP contribution in [-0.4, -0.2) is 37.1 Å². The quantitative estimate of drug-likeness (QED) is 0.189. The van der Waals surface area contributed by atoms with Crippen molar-refractivity contribution >= 4 is 41.2 Å². The van der Waals surface area contributed by atoms with Crippen LogP contribution in [0, 0.1) is 5.92 Å². The van der Waals surface area contributed by atoms with Crippen LogP contribution in [-0.2, 0) is 4.79 Å². The molecule has 2 aromatic carbocycles. The molecule has 1 aliphatic rings. The van der Waals surface area contributed by atoms with Crippen molar-refractivity contribution in [2.24, 2.45) is 5.92 Å². The van der Waals surface area contributed by atoms with E-state index in [0.717, 1.165) is 36.3 Å². The first-order chi connectivity index (χ1) is 15.8. The first kappa shape index (κ1) is 28.1. The van der Waals surface area contributed by atoms with Crippen molar-refractivity contribution in [3.8, 4) is 5.75 Å². The molecule has 2 aromatic rings. The molecule has 0 amide bonds. The first-order valence-corrected chi connectivity index (χ1v) is 13.4. The average molecular weight is 476 g/mol. The summed E-state index contributed by atoms with van der Waals surface area (Å²) in [5.41, 5.74) is 2.47. The molecular formula is C26H37NO3S2. The van der Waals surface area contributed by atoms with Gasteiger partial charge in [0.15, 0.2) is 0 Å². The molecule has 1 atom stereocenters. The number of carbonyl (C=O) groups is 1. The molecule has 0 aromatic heterocycles. The Kier molecular flexibility index (Phi) is 14.7. The number of thioether (sulfide) groups is 2. The molecule has 1 unspecified atom stereocenters. The molecule has 0 bridgehead atoms. The van der Waals surface area contributed by atoms with E-state index in [0.29, 0.717) is 5.92 Å². The molecule has 32 heavy (non-hydrogen) atoms. The number of fused-ring (bicyclic) bond motifs is 1. The second-order valence-corrected chi connectivity index (χ2v) is 8.73. The Morgan fingerprint density at radius 3 is 2.56 bits per heavy atom. The molecule has 0 radical (unpaired) electrons. The van der Waals surface area contributed by atoms with Crippen molar-refractivity contribution in [1.82, 2.24) is 0 Å². The number of rotatable bonds is 8. The average Bonchev–Trinajstić information content (AvgIpc) is 3.04. The molecule has 1 N–H and O–H groups in total. The fourth-order valence-electron chi connectivity index (χ4n) is 3.39. The molecule has 4 nitrogen and oxygen atoms in total. The highest BCUT2D eigenvalue weighted by Gasteiger charge is 2.25. The van der Waals surface area contributed by atoms with Crippen LogP contribution in [0.1, 0.15) is 40.0 Å². The minimum atomic E-state index is 0.648. The molecule has 0 aliphatic carbocycles. The number of aldehydes is 1. The van der Waals surface area contributed by atoms with Gasteiger partial charge in [-0.2, -0.15) is 0 Å². The molecule has 0 fully saturated rings. The van der Waals surface area contributed by atoms with Gasteiger partial charge in [-0.05, 0) is 42.9 Å². The van der Waals surface area contributed by atoms with E-state index in [9.17, 15) is 4.79 Å². The summed E-state index contributed by atoms with van der Waals surface area (Å²) in [5.74, 6) is 2.56. The number of aliphatic hydroxyl groups excluding tert-OH is 1. The van der Waals surface area contributed by atoms with Gasteiger partial charge in [-0.25, -0.2) is 0 Å². The lowest BCUT2D eigenvalue weighted by atomic mass is 10.0. The molecular weight excluding hydrogens is 438 g/mol. The maximum Gasteiger partial charge on any atom is 0.145 e. The maximum atomic E-state index is 10.6. The third kappa shape index (κ3) is 8.23. The maximum absolute atomic E-state index is 10.6. The van der Waals surface area contributed by atoms with E-state index in [1.807, 2.05) is 25.6 Å². The fraction of sp³-hybridized carbons (Fsp3) is 0.423. The summed E-state index contributed by atoms with van der Waals surface area (Å²) in [6.45, 7) is 7.29. The number of unbranched alkanes of at least 4 members (excludes halogenated alkanes) is 1. The van der Waals surface area contributed by atoms with E-state index in [2.05, 4.69) is 60.5 Å². The smallest absolute Gasteiger partial charge is 0.145 e. The number of hydrogen-bond acceptors (Lipinski definition) is 6. The van der Waals surface area contributed by atoms with Crippen LogP contribution in [0.4, 0.5) is 11.4 Å². The number of benzene rings is 2. The van der Waals surface area contributed by atoms with E-state index in [1.165, 1.54) is 47.9 Å². The van der Waals surface area contributed by atoms with Gasteiger partial charge in [-0.1, -0.05) is 51.8 Å². The minimum absolute atomic E-state index is 0.648. The number of anilines is 2. The van der Waals surface area contributed by atoms with Crippen molar-refractivity contribution in [2.45, 2.75) is 49.8 Å². The van der Waals surface area contributed by atoms with Crippen LogP contribution in [0.2, 0.25) is 0 Å². The summed E-state index contributed by atoms with van der Waals surface area (Å²) in [4.78, 5) is 15.3. The summed E-state index contributed by atoms with van der Waals surface area (Å²) in [7, 11) is 1.00. The SMILES string of the molecule is CC.CCCCC1CSc2cc(O/C=C/C=O)c(SC)cc2N(c2ccccc2)C1.CO. The van der Waals surface area contributed by atoms with Crippen molar-refractivity contribution in [3.63, 3.8) is 0 Å². The zero-order valence-corrected chi connectivity index (χ0v) is 21.5. The van der Waals surface area contributed by atoms with Gasteiger partial charge in [0.1, 0.15) is 12.0 Å². The van der Waals surface area contributed by atoms with Gasteiger partial charge in [0.25, 0.3) is 0 Å². The lowest BCUT2D eigenvalue weighted by molar-refractivity contribution is -0.104. The lowest BCUT2D eigenvalue weighted by Crippen LogP contribution is -2.25. The van der Waals surface area contributed by atoms with Crippen LogP contribution in [0.5, 0.6) is 5.75 Å². The van der Waals surface area contributed by atoms with Crippen LogP contribution < -0.4 is 9.64 Å². The normalized spacial score (nSPS) is 14.9. The zero-order chi connectivity index (χ0) is 23.8. The van der Waals surface area contributed by atoms with Gasteiger partial charge in [0, 0.05) is 36.1 Å². The minimum Gasteiger partial charge on any atom is -0.464 e. The van der Waals surface area contributed by atoms with E-state index < -0.39 is 0 Å². The Balaban J connectivity index is 0.00000121. The van der Waals surface area contributed by atoms with E-state index in [4.69, 9.17) is 9.84 Å². The predicted octanol–water partition coefficient (Wildman–Crippen LogP) is 7.18. The molecule has 1 aliphatic heterocycles. The van der Waals surface area contributed by atoms with Gasteiger partial charge in [0.05, 0.1) is 16.8 Å². The molecule has 1 heterocycles. The first-order valence-electron chi connectivity index (χ1n) is 11.2. The van der Waals surface area contributed by atoms with Crippen molar-refractivity contribution in [1.29, 1.82) is 0 Å². The molecule has 0 saturated carbocycles. The van der Waals surface area contributed by atoms with E-state index in [-0.39, 0.29) is 0 Å². The fourth-order valence-corrected chi connectivity index (χ4v) is 5.12. The van der Waals surface area contributed by atoms with Gasteiger partial charge < -0.3 is 14.7 Å². The van der Waals surface area contributed by atoms with Crippen molar-refractivity contribution in [2.75, 3.05) is 30.6 Å². The summed E-state index contributed by atoms with van der Waals surface area (Å²) < 4.78 is 5.74. The Hall–Kier alpha value is -1.89. The van der Waals surface area contributed by atoms with Crippen molar-refractivity contribution in [3.05, 3.63) is 54.8 Å². The lowest BCUT2D eigenvalue weighted by Gasteiger charge is -2.28. The van der Waals surface area contributed by atoms with Gasteiger partial charge in [0.2, 0.25) is 0 Å². The van der Waals surface area contributed by atoms with Gasteiger partial charge in [-0.3, -0.25) is 4.79 Å². The third-order valence-electron chi connectivity index (χ3n) is 4.84. The Morgan fingerprint density at radius 2 is 1.94 bits per heavy atom. The standard InChI is InChI=1S/C23H27NO2S2.C2H6.CH4O/c1-3-4-9-18-16-24(19-10-6-5-7-11-19)20-14-23(27-2)21(26-13-8-12-25)15-22(20)28-17-18;2*1-2/h5-8,10-15,18H,3-4,9,16-17H2,1-2H3;1-2H3;2H,1H3/b13-8+;;. The van der Waals surface area contributed by atoms with Crippen molar-refractivity contribution < 1.29 is 14.6 Å². The second kappa shape index (κ2) is 16.7. The molecule has 3 rings (SSSR count). The van der Waals surface area contributed by atoms with E-state index in [1.54, 1.807) is 11.8 Å². The predicted molar refractivity (Wildman–Crippen MR) is 141 cm³/mol. The number of aliphatic hydroxyl groups is 1. The molecule has 0 spiro atoms. The topological polar surface area (TPSA) is 49.8 Å². The number of allylic oxidation sites excluding steroid dienone is 1. The largest absolute Gasteiger partial charge is 0.464 e. The number of nitrogens with zero attached hydrogens (tertiary/aromatic N) is 1. The van der Waals surface area contributed by atoms with Gasteiger partial charge in [-0.15, -0.1) is 23.5 Å². The highest BCUT2D eigenvalue weighted by Crippen LogP contribution is 2.45. The Bertz CT molecular complexity index is 812. The summed E-state index contributed by atoms with van der Waals surface area (Å²) in [6, 6.07) is 15.0. The van der Waals surface area contributed by atoms with Crippen LogP contribution in [0.3, 0.4) is 0 Å². The summed E-state index contributed by atoms with van der Waals surface area (Å²) in [6.07, 6.45) is 9.36.